The Morgan fingerprint density at radius 2 is 1.95 bits per heavy atom. The highest BCUT2D eigenvalue weighted by Gasteiger charge is 2.19. The Balaban J connectivity index is 0.00000324. The van der Waals surface area contributed by atoms with Crippen LogP contribution < -0.4 is 10.5 Å². The maximum absolute atomic E-state index is 11.8. The van der Waals surface area contributed by atoms with E-state index in [2.05, 4.69) is 0 Å². The van der Waals surface area contributed by atoms with Crippen LogP contribution in [0.5, 0.6) is 5.75 Å². The lowest BCUT2D eigenvalue weighted by atomic mass is 10.0. The number of para-hydroxylation sites is 1. The highest BCUT2D eigenvalue weighted by Crippen LogP contribution is 2.20. The third-order valence-electron chi connectivity index (χ3n) is 3.11. The van der Waals surface area contributed by atoms with Crippen molar-refractivity contribution in [3.8, 4) is 5.75 Å². The molecule has 0 aliphatic heterocycles. The van der Waals surface area contributed by atoms with E-state index in [4.69, 9.17) is 10.5 Å². The molecule has 0 saturated heterocycles. The smallest absolute Gasteiger partial charge is 0.239 e. The summed E-state index contributed by atoms with van der Waals surface area (Å²) in [6.45, 7) is 3.71. The van der Waals surface area contributed by atoms with E-state index in [0.29, 0.717) is 0 Å². The maximum atomic E-state index is 11.8. The van der Waals surface area contributed by atoms with Gasteiger partial charge in [-0.2, -0.15) is 0 Å². The minimum atomic E-state index is -0.463. The lowest BCUT2D eigenvalue weighted by molar-refractivity contribution is -0.132. The molecule has 0 aliphatic rings. The van der Waals surface area contributed by atoms with Crippen LogP contribution in [0.3, 0.4) is 0 Å². The lowest BCUT2D eigenvalue weighted by Gasteiger charge is -2.27. The fourth-order valence-electron chi connectivity index (χ4n) is 1.87. The van der Waals surface area contributed by atoms with Crippen molar-refractivity contribution in [3.63, 3.8) is 0 Å². The van der Waals surface area contributed by atoms with Gasteiger partial charge in [-0.3, -0.25) is 4.79 Å². The van der Waals surface area contributed by atoms with Gasteiger partial charge in [-0.1, -0.05) is 18.2 Å². The van der Waals surface area contributed by atoms with Gasteiger partial charge in [-0.05, 0) is 31.9 Å². The van der Waals surface area contributed by atoms with Crippen LogP contribution in [0.15, 0.2) is 24.3 Å². The van der Waals surface area contributed by atoms with Crippen molar-refractivity contribution in [2.45, 2.75) is 32.4 Å². The fraction of sp³-hybridized carbons (Fsp3) is 0.500. The van der Waals surface area contributed by atoms with Gasteiger partial charge in [-0.25, -0.2) is 0 Å². The Hall–Kier alpha value is -1.26. The molecular weight excluding hydrogens is 264 g/mol. The zero-order valence-corrected chi connectivity index (χ0v) is 12.7. The molecule has 108 valence electrons. The number of carbonyl (C=O) groups is 1. The normalized spacial score (nSPS) is 13.1. The van der Waals surface area contributed by atoms with Crippen LogP contribution in [0.2, 0.25) is 0 Å². The van der Waals surface area contributed by atoms with E-state index in [1.54, 1.807) is 26.0 Å². The van der Waals surface area contributed by atoms with Crippen molar-refractivity contribution in [1.29, 1.82) is 0 Å². The zero-order chi connectivity index (χ0) is 13.7. The molecule has 5 heteroatoms. The summed E-state index contributed by atoms with van der Waals surface area (Å²) < 4.78 is 5.31. The number of rotatable bonds is 5. The summed E-state index contributed by atoms with van der Waals surface area (Å²) in [7, 11) is 3.44. The third-order valence-corrected chi connectivity index (χ3v) is 3.11. The van der Waals surface area contributed by atoms with Crippen LogP contribution >= 0.6 is 12.4 Å². The minimum absolute atomic E-state index is 0. The Labute approximate surface area is 121 Å². The predicted molar refractivity (Wildman–Crippen MR) is 79.8 cm³/mol. The Kier molecular flexibility index (Phi) is 7.49. The molecule has 19 heavy (non-hydrogen) atoms. The second kappa shape index (κ2) is 8.02. The van der Waals surface area contributed by atoms with Crippen LogP contribution in [0, 0.1) is 0 Å². The summed E-state index contributed by atoms with van der Waals surface area (Å²) in [6.07, 6.45) is 0.749. The van der Waals surface area contributed by atoms with Crippen molar-refractivity contribution < 1.29 is 9.53 Å². The molecule has 2 atom stereocenters. The van der Waals surface area contributed by atoms with E-state index in [1.165, 1.54) is 0 Å². The topological polar surface area (TPSA) is 55.6 Å². The first-order chi connectivity index (χ1) is 8.47. The Morgan fingerprint density at radius 1 is 1.37 bits per heavy atom. The summed E-state index contributed by atoms with van der Waals surface area (Å²) >= 11 is 0. The van der Waals surface area contributed by atoms with Crippen molar-refractivity contribution >= 4 is 18.3 Å². The summed E-state index contributed by atoms with van der Waals surface area (Å²) in [5.74, 6) is 0.809. The summed E-state index contributed by atoms with van der Waals surface area (Å²) in [6, 6.07) is 7.46. The van der Waals surface area contributed by atoms with Crippen LogP contribution in [0.1, 0.15) is 19.4 Å². The SMILES string of the molecule is COc1ccccc1CC(C)N(C)C(=O)C(C)N.Cl. The van der Waals surface area contributed by atoms with Gasteiger partial charge in [0, 0.05) is 13.1 Å². The number of ether oxygens (including phenoxy) is 1. The third kappa shape index (κ3) is 4.73. The zero-order valence-electron chi connectivity index (χ0n) is 11.9. The molecule has 0 bridgehead atoms. The molecule has 1 aromatic carbocycles. The number of methoxy groups -OCH3 is 1. The van der Waals surface area contributed by atoms with E-state index in [9.17, 15) is 4.79 Å². The molecule has 0 saturated carbocycles. The molecule has 0 radical (unpaired) electrons. The van der Waals surface area contributed by atoms with Crippen molar-refractivity contribution in [3.05, 3.63) is 29.8 Å². The average Bonchev–Trinajstić information content (AvgIpc) is 2.37. The standard InChI is InChI=1S/C14H22N2O2.ClH/c1-10(16(3)14(17)11(2)15)9-12-7-5-6-8-13(12)18-4;/h5-8,10-11H,9,15H2,1-4H3;1H. The van der Waals surface area contributed by atoms with Crippen LogP contribution in [0.25, 0.3) is 0 Å². The number of hydrogen-bond acceptors (Lipinski definition) is 3. The second-order valence-corrected chi connectivity index (χ2v) is 4.60. The number of halogens is 1. The van der Waals surface area contributed by atoms with Gasteiger partial charge in [0.05, 0.1) is 13.2 Å². The van der Waals surface area contributed by atoms with Gasteiger partial charge < -0.3 is 15.4 Å². The lowest BCUT2D eigenvalue weighted by Crippen LogP contribution is -2.44. The van der Waals surface area contributed by atoms with E-state index in [0.717, 1.165) is 17.7 Å². The van der Waals surface area contributed by atoms with Gasteiger partial charge in [-0.15, -0.1) is 12.4 Å². The van der Waals surface area contributed by atoms with E-state index >= 15 is 0 Å². The molecule has 0 fully saturated rings. The molecule has 1 amide bonds. The number of nitrogens with two attached hydrogens (primary N) is 1. The number of hydrogen-bond donors (Lipinski definition) is 1. The highest BCUT2D eigenvalue weighted by molar-refractivity contribution is 5.85. The molecule has 0 aliphatic carbocycles. The molecule has 2 unspecified atom stereocenters. The first-order valence-corrected chi connectivity index (χ1v) is 6.11. The van der Waals surface area contributed by atoms with Crippen LogP contribution in [0.4, 0.5) is 0 Å². The maximum Gasteiger partial charge on any atom is 0.239 e. The summed E-state index contributed by atoms with van der Waals surface area (Å²) in [4.78, 5) is 13.5. The average molecular weight is 287 g/mol. The van der Waals surface area contributed by atoms with Gasteiger partial charge >= 0.3 is 0 Å². The van der Waals surface area contributed by atoms with Crippen molar-refractivity contribution in [2.75, 3.05) is 14.2 Å². The molecular formula is C14H23ClN2O2. The van der Waals surface area contributed by atoms with Gasteiger partial charge in [0.15, 0.2) is 0 Å². The van der Waals surface area contributed by atoms with Crippen LogP contribution in [-0.4, -0.2) is 37.0 Å². The summed E-state index contributed by atoms with van der Waals surface area (Å²) in [5.41, 5.74) is 6.70. The van der Waals surface area contributed by atoms with E-state index < -0.39 is 6.04 Å². The van der Waals surface area contributed by atoms with E-state index in [1.807, 2.05) is 31.2 Å². The number of amides is 1. The number of nitrogens with zero attached hydrogens (tertiary/aromatic N) is 1. The van der Waals surface area contributed by atoms with E-state index in [-0.39, 0.29) is 24.4 Å². The monoisotopic (exact) mass is 286 g/mol. The molecule has 4 nitrogen and oxygen atoms in total. The first kappa shape index (κ1) is 17.7. The van der Waals surface area contributed by atoms with Crippen molar-refractivity contribution in [1.82, 2.24) is 4.90 Å². The Bertz CT molecular complexity index is 410. The predicted octanol–water partition coefficient (Wildman–Crippen LogP) is 1.85. The van der Waals surface area contributed by atoms with Gasteiger partial charge in [0.2, 0.25) is 5.91 Å². The first-order valence-electron chi connectivity index (χ1n) is 6.11. The Morgan fingerprint density at radius 3 is 2.47 bits per heavy atom. The largest absolute Gasteiger partial charge is 0.496 e. The van der Waals surface area contributed by atoms with Crippen molar-refractivity contribution in [2.24, 2.45) is 5.73 Å². The van der Waals surface area contributed by atoms with Crippen LogP contribution in [-0.2, 0) is 11.2 Å². The highest BCUT2D eigenvalue weighted by atomic mass is 35.5. The number of likely N-dealkylation sites (N-methyl/N-ethyl adjacent to an activating group) is 1. The minimum Gasteiger partial charge on any atom is -0.496 e. The molecule has 0 spiro atoms. The quantitative estimate of drug-likeness (QED) is 0.899. The molecule has 2 N–H and O–H groups in total. The summed E-state index contributed by atoms with van der Waals surface area (Å²) in [5, 5.41) is 0. The second-order valence-electron chi connectivity index (χ2n) is 4.60. The fourth-order valence-corrected chi connectivity index (χ4v) is 1.87. The molecule has 0 heterocycles. The molecule has 1 aromatic rings. The number of carbonyl (C=O) groups excluding carboxylic acids is 1. The number of benzene rings is 1. The van der Waals surface area contributed by atoms with Gasteiger partial charge in [0.1, 0.15) is 5.75 Å². The molecule has 1 rings (SSSR count). The molecule has 0 aromatic heterocycles. The van der Waals surface area contributed by atoms with Gasteiger partial charge in [0.25, 0.3) is 0 Å².